The zero-order valence-electron chi connectivity index (χ0n) is 13.6. The number of esters is 1. The maximum absolute atomic E-state index is 12.5. The number of aromatic amines is 1. The van der Waals surface area contributed by atoms with Gasteiger partial charge in [0.25, 0.3) is 0 Å². The minimum absolute atomic E-state index is 0.00365. The number of pyridine rings is 1. The van der Waals surface area contributed by atoms with E-state index in [4.69, 9.17) is 25.8 Å². The maximum atomic E-state index is 12.5. The molecule has 1 N–H and O–H groups in total. The van der Waals surface area contributed by atoms with E-state index in [0.29, 0.717) is 46.2 Å². The highest BCUT2D eigenvalue weighted by molar-refractivity contribution is 6.32. The molecular formula is C19H14ClNO5. The molecule has 0 saturated carbocycles. The molecule has 6 nitrogen and oxygen atoms in total. The van der Waals surface area contributed by atoms with E-state index in [1.807, 2.05) is 0 Å². The zero-order chi connectivity index (χ0) is 18.1. The van der Waals surface area contributed by atoms with Crippen molar-refractivity contribution in [1.82, 2.24) is 4.98 Å². The van der Waals surface area contributed by atoms with Crippen LogP contribution < -0.4 is 15.0 Å². The van der Waals surface area contributed by atoms with Gasteiger partial charge in [0.15, 0.2) is 11.5 Å². The van der Waals surface area contributed by atoms with E-state index in [1.54, 1.807) is 36.4 Å². The Balaban J connectivity index is 1.58. The highest BCUT2D eigenvalue weighted by Crippen LogP contribution is 2.38. The molecule has 4 rings (SSSR count). The molecule has 0 unspecified atom stereocenters. The number of carbonyl (C=O) groups excluding carboxylic acids is 1. The SMILES string of the molecule is O=C(OCc1cc(Cl)c2c(c1)OCCO2)c1cc(=O)[nH]c2ccccc12. The fourth-order valence-electron chi connectivity index (χ4n) is 2.85. The Labute approximate surface area is 153 Å². The van der Waals surface area contributed by atoms with E-state index in [0.717, 1.165) is 0 Å². The van der Waals surface area contributed by atoms with E-state index < -0.39 is 5.97 Å². The molecule has 1 aromatic heterocycles. The van der Waals surface area contributed by atoms with Crippen LogP contribution >= 0.6 is 11.6 Å². The molecule has 1 aliphatic heterocycles. The summed E-state index contributed by atoms with van der Waals surface area (Å²) in [5.74, 6) is 0.434. The van der Waals surface area contributed by atoms with Gasteiger partial charge in [0.2, 0.25) is 5.56 Å². The number of fused-ring (bicyclic) bond motifs is 2. The monoisotopic (exact) mass is 371 g/mol. The Morgan fingerprint density at radius 3 is 2.85 bits per heavy atom. The molecule has 0 atom stereocenters. The summed E-state index contributed by atoms with van der Waals surface area (Å²) in [6.45, 7) is 0.873. The molecule has 0 radical (unpaired) electrons. The van der Waals surface area contributed by atoms with Crippen LogP contribution in [0.4, 0.5) is 0 Å². The largest absolute Gasteiger partial charge is 0.486 e. The predicted molar refractivity (Wildman–Crippen MR) is 96.1 cm³/mol. The number of ether oxygens (including phenoxy) is 3. The number of para-hydroxylation sites is 1. The molecular weight excluding hydrogens is 358 g/mol. The minimum Gasteiger partial charge on any atom is -0.486 e. The third kappa shape index (κ3) is 3.11. The average molecular weight is 372 g/mol. The standard InChI is InChI=1S/C19H14ClNO5/c20-14-7-11(8-16-18(14)25-6-5-24-16)10-26-19(23)13-9-17(22)21-15-4-2-1-3-12(13)15/h1-4,7-9H,5-6,10H2,(H,21,22). The smallest absolute Gasteiger partial charge is 0.339 e. The van der Waals surface area contributed by atoms with Crippen molar-refractivity contribution in [3.63, 3.8) is 0 Å². The van der Waals surface area contributed by atoms with Gasteiger partial charge in [0.05, 0.1) is 10.6 Å². The van der Waals surface area contributed by atoms with E-state index in [1.165, 1.54) is 6.07 Å². The quantitative estimate of drug-likeness (QED) is 0.715. The second-order valence-electron chi connectivity index (χ2n) is 5.77. The van der Waals surface area contributed by atoms with Crippen molar-refractivity contribution in [3.8, 4) is 11.5 Å². The molecule has 132 valence electrons. The third-order valence-corrected chi connectivity index (χ3v) is 4.28. The van der Waals surface area contributed by atoms with Crippen molar-refractivity contribution in [2.75, 3.05) is 13.2 Å². The molecule has 26 heavy (non-hydrogen) atoms. The lowest BCUT2D eigenvalue weighted by Gasteiger charge is -2.20. The molecule has 0 saturated heterocycles. The van der Waals surface area contributed by atoms with Crippen LogP contribution in [0, 0.1) is 0 Å². The maximum Gasteiger partial charge on any atom is 0.339 e. The van der Waals surface area contributed by atoms with Gasteiger partial charge in [-0.3, -0.25) is 4.79 Å². The number of hydrogen-bond donors (Lipinski definition) is 1. The summed E-state index contributed by atoms with van der Waals surface area (Å²) in [6.07, 6.45) is 0. The van der Waals surface area contributed by atoms with Crippen LogP contribution in [-0.2, 0) is 11.3 Å². The van der Waals surface area contributed by atoms with Crippen LogP contribution in [0.2, 0.25) is 5.02 Å². The number of rotatable bonds is 3. The molecule has 7 heteroatoms. The van der Waals surface area contributed by atoms with Gasteiger partial charge in [0.1, 0.15) is 19.8 Å². The van der Waals surface area contributed by atoms with Crippen LogP contribution in [0.15, 0.2) is 47.3 Å². The predicted octanol–water partition coefficient (Wildman–Crippen LogP) is 3.31. The number of carbonyl (C=O) groups is 1. The van der Waals surface area contributed by atoms with Crippen LogP contribution in [0.25, 0.3) is 10.9 Å². The van der Waals surface area contributed by atoms with Gasteiger partial charge >= 0.3 is 5.97 Å². The number of aromatic nitrogens is 1. The van der Waals surface area contributed by atoms with Crippen molar-refractivity contribution in [2.24, 2.45) is 0 Å². The first-order valence-corrected chi connectivity index (χ1v) is 8.37. The van der Waals surface area contributed by atoms with Crippen LogP contribution in [0.5, 0.6) is 11.5 Å². The molecule has 0 amide bonds. The van der Waals surface area contributed by atoms with E-state index in [-0.39, 0.29) is 17.7 Å². The number of benzene rings is 2. The summed E-state index contributed by atoms with van der Waals surface area (Å²) in [5.41, 5.74) is 1.10. The average Bonchev–Trinajstić information content (AvgIpc) is 2.65. The number of H-pyrrole nitrogens is 1. The van der Waals surface area contributed by atoms with Crippen molar-refractivity contribution < 1.29 is 19.0 Å². The lowest BCUT2D eigenvalue weighted by atomic mass is 10.1. The molecule has 0 spiro atoms. The summed E-state index contributed by atoms with van der Waals surface area (Å²) in [6, 6.07) is 11.7. The summed E-state index contributed by atoms with van der Waals surface area (Å²) in [7, 11) is 0. The van der Waals surface area contributed by atoms with Crippen LogP contribution in [0.3, 0.4) is 0 Å². The van der Waals surface area contributed by atoms with Crippen LogP contribution in [0.1, 0.15) is 15.9 Å². The Morgan fingerprint density at radius 1 is 1.15 bits per heavy atom. The van der Waals surface area contributed by atoms with Gasteiger partial charge in [-0.05, 0) is 23.8 Å². The van der Waals surface area contributed by atoms with Crippen LogP contribution in [-0.4, -0.2) is 24.2 Å². The van der Waals surface area contributed by atoms with Gasteiger partial charge < -0.3 is 19.2 Å². The summed E-state index contributed by atoms with van der Waals surface area (Å²) < 4.78 is 16.4. The van der Waals surface area contributed by atoms with Gasteiger partial charge in [-0.1, -0.05) is 29.8 Å². The van der Waals surface area contributed by atoms with Crippen molar-refractivity contribution >= 4 is 28.5 Å². The molecule has 3 aromatic rings. The first-order valence-electron chi connectivity index (χ1n) is 7.99. The molecule has 1 aliphatic rings. The fourth-order valence-corrected chi connectivity index (χ4v) is 3.14. The Morgan fingerprint density at radius 2 is 1.96 bits per heavy atom. The Hall–Kier alpha value is -2.99. The van der Waals surface area contributed by atoms with E-state index >= 15 is 0 Å². The molecule has 0 bridgehead atoms. The molecule has 0 fully saturated rings. The minimum atomic E-state index is -0.585. The third-order valence-electron chi connectivity index (χ3n) is 4.00. The zero-order valence-corrected chi connectivity index (χ0v) is 14.3. The molecule has 2 aromatic carbocycles. The second kappa shape index (κ2) is 6.72. The second-order valence-corrected chi connectivity index (χ2v) is 6.18. The number of hydrogen-bond acceptors (Lipinski definition) is 5. The summed E-state index contributed by atoms with van der Waals surface area (Å²) in [5, 5.41) is 1.02. The van der Waals surface area contributed by atoms with Gasteiger partial charge in [-0.15, -0.1) is 0 Å². The molecule has 0 aliphatic carbocycles. The van der Waals surface area contributed by atoms with Crippen molar-refractivity contribution in [3.05, 3.63) is 69.0 Å². The normalized spacial score (nSPS) is 12.8. The highest BCUT2D eigenvalue weighted by atomic mass is 35.5. The molecule has 2 heterocycles. The first kappa shape index (κ1) is 16.5. The Kier molecular flexibility index (Phi) is 4.26. The topological polar surface area (TPSA) is 77.6 Å². The lowest BCUT2D eigenvalue weighted by Crippen LogP contribution is -2.16. The van der Waals surface area contributed by atoms with Gasteiger partial charge in [-0.25, -0.2) is 4.79 Å². The van der Waals surface area contributed by atoms with E-state index in [9.17, 15) is 9.59 Å². The Bertz CT molecular complexity index is 1060. The number of nitrogens with one attached hydrogen (secondary N) is 1. The fraction of sp³-hybridized carbons (Fsp3) is 0.158. The van der Waals surface area contributed by atoms with Crippen molar-refractivity contribution in [1.29, 1.82) is 0 Å². The number of halogens is 1. The first-order chi connectivity index (χ1) is 12.6. The highest BCUT2D eigenvalue weighted by Gasteiger charge is 2.18. The van der Waals surface area contributed by atoms with Gasteiger partial charge in [0, 0.05) is 17.0 Å². The summed E-state index contributed by atoms with van der Waals surface area (Å²) >= 11 is 6.19. The van der Waals surface area contributed by atoms with E-state index in [2.05, 4.69) is 4.98 Å². The lowest BCUT2D eigenvalue weighted by molar-refractivity contribution is 0.0474. The summed E-state index contributed by atoms with van der Waals surface area (Å²) in [4.78, 5) is 27.0. The van der Waals surface area contributed by atoms with Crippen molar-refractivity contribution in [2.45, 2.75) is 6.61 Å². The van der Waals surface area contributed by atoms with Gasteiger partial charge in [-0.2, -0.15) is 0 Å².